The van der Waals surface area contributed by atoms with Crippen LogP contribution in [0, 0.1) is 11.3 Å². The smallest absolute Gasteiger partial charge is 0.191 e. The van der Waals surface area contributed by atoms with E-state index in [1.807, 2.05) is 7.05 Å². The first-order chi connectivity index (χ1) is 13.7. The van der Waals surface area contributed by atoms with E-state index in [4.69, 9.17) is 4.74 Å². The van der Waals surface area contributed by atoms with Gasteiger partial charge in [0, 0.05) is 49.8 Å². The van der Waals surface area contributed by atoms with Gasteiger partial charge in [-0.05, 0) is 56.7 Å². The quantitative estimate of drug-likeness (QED) is 0.618. The Bertz CT molecular complexity index is 738. The summed E-state index contributed by atoms with van der Waals surface area (Å²) in [4.78, 5) is 7.05. The third-order valence-corrected chi connectivity index (χ3v) is 7.75. The normalized spacial score (nSPS) is 31.9. The Morgan fingerprint density at radius 1 is 1.25 bits per heavy atom. The summed E-state index contributed by atoms with van der Waals surface area (Å²) in [7, 11) is 1.89. The van der Waals surface area contributed by atoms with Crippen molar-refractivity contribution in [2.24, 2.45) is 16.3 Å². The summed E-state index contributed by atoms with van der Waals surface area (Å²) in [6.45, 7) is 5.53. The summed E-state index contributed by atoms with van der Waals surface area (Å²) >= 11 is 0. The van der Waals surface area contributed by atoms with Crippen molar-refractivity contribution < 1.29 is 4.74 Å². The Hall–Kier alpha value is -1.75. The number of ether oxygens (including phenoxy) is 1. The largest absolute Gasteiger partial charge is 0.377 e. The van der Waals surface area contributed by atoms with Gasteiger partial charge in [0.1, 0.15) is 0 Å². The highest BCUT2D eigenvalue weighted by molar-refractivity contribution is 5.81. The molecule has 4 aliphatic rings. The zero-order valence-electron chi connectivity index (χ0n) is 17.3. The molecule has 1 aromatic carbocycles. The van der Waals surface area contributed by atoms with E-state index in [1.54, 1.807) is 0 Å². The minimum absolute atomic E-state index is 0.224. The maximum atomic E-state index is 6.06. The van der Waals surface area contributed by atoms with Gasteiger partial charge >= 0.3 is 0 Å². The molecule has 2 N–H and O–H groups in total. The lowest BCUT2D eigenvalue weighted by Crippen LogP contribution is -2.72. The summed E-state index contributed by atoms with van der Waals surface area (Å²) in [6.07, 6.45) is 8.25. The molecule has 2 saturated carbocycles. The third-order valence-electron chi connectivity index (χ3n) is 7.75. The Morgan fingerprint density at radius 2 is 2.07 bits per heavy atom. The monoisotopic (exact) mass is 382 g/mol. The van der Waals surface area contributed by atoms with Crippen LogP contribution in [0.2, 0.25) is 0 Å². The van der Waals surface area contributed by atoms with Crippen molar-refractivity contribution in [1.82, 2.24) is 10.6 Å². The number of anilines is 1. The number of hydrogen-bond acceptors (Lipinski definition) is 3. The van der Waals surface area contributed by atoms with Gasteiger partial charge in [-0.15, -0.1) is 0 Å². The second-order valence-corrected chi connectivity index (χ2v) is 9.18. The van der Waals surface area contributed by atoms with Gasteiger partial charge in [-0.25, -0.2) is 0 Å². The van der Waals surface area contributed by atoms with Gasteiger partial charge in [0.25, 0.3) is 0 Å². The van der Waals surface area contributed by atoms with E-state index in [2.05, 4.69) is 51.7 Å². The molecule has 2 saturated heterocycles. The van der Waals surface area contributed by atoms with Crippen LogP contribution in [0.4, 0.5) is 5.69 Å². The number of guanidine groups is 1. The van der Waals surface area contributed by atoms with Crippen molar-refractivity contribution in [1.29, 1.82) is 0 Å². The van der Waals surface area contributed by atoms with Crippen LogP contribution in [-0.2, 0) is 4.74 Å². The zero-order chi connectivity index (χ0) is 19.1. The molecule has 1 aromatic rings. The van der Waals surface area contributed by atoms with Crippen molar-refractivity contribution >= 4 is 11.6 Å². The summed E-state index contributed by atoms with van der Waals surface area (Å²) in [5, 5.41) is 7.43. The summed E-state index contributed by atoms with van der Waals surface area (Å²) in [5.41, 5.74) is 3.05. The van der Waals surface area contributed by atoms with E-state index in [0.717, 1.165) is 12.6 Å². The molecule has 0 radical (unpaired) electrons. The van der Waals surface area contributed by atoms with Gasteiger partial charge in [-0.3, -0.25) is 4.99 Å². The zero-order valence-corrected chi connectivity index (χ0v) is 17.3. The van der Waals surface area contributed by atoms with E-state index in [0.29, 0.717) is 23.5 Å². The average Bonchev–Trinajstić information content (AvgIpc) is 3.35. The van der Waals surface area contributed by atoms with Gasteiger partial charge in [-0.1, -0.05) is 18.6 Å². The lowest BCUT2D eigenvalue weighted by molar-refractivity contribution is -0.171. The minimum atomic E-state index is 0.224. The molecule has 152 valence electrons. The molecule has 28 heavy (non-hydrogen) atoms. The van der Waals surface area contributed by atoms with Gasteiger partial charge < -0.3 is 20.3 Å². The lowest BCUT2D eigenvalue weighted by atomic mass is 9.46. The van der Waals surface area contributed by atoms with E-state index >= 15 is 0 Å². The second-order valence-electron chi connectivity index (χ2n) is 9.18. The van der Waals surface area contributed by atoms with Crippen LogP contribution in [0.1, 0.15) is 57.1 Å². The lowest BCUT2D eigenvalue weighted by Gasteiger charge is -2.63. The number of hydrogen-bond donors (Lipinski definition) is 2. The van der Waals surface area contributed by atoms with E-state index in [1.165, 1.54) is 62.9 Å². The van der Waals surface area contributed by atoms with Crippen molar-refractivity contribution in [2.75, 3.05) is 31.6 Å². The molecule has 4 unspecified atom stereocenters. The van der Waals surface area contributed by atoms with E-state index in [9.17, 15) is 0 Å². The first-order valence-electron chi connectivity index (χ1n) is 11.2. The predicted molar refractivity (Wildman–Crippen MR) is 114 cm³/mol. The first kappa shape index (κ1) is 18.3. The van der Waals surface area contributed by atoms with Gasteiger partial charge in [-0.2, -0.15) is 0 Å². The van der Waals surface area contributed by atoms with Crippen LogP contribution >= 0.6 is 0 Å². The maximum absolute atomic E-state index is 6.06. The molecule has 5 rings (SSSR count). The van der Waals surface area contributed by atoms with E-state index in [-0.39, 0.29) is 6.04 Å². The molecule has 2 aliphatic heterocycles. The van der Waals surface area contributed by atoms with Gasteiger partial charge in [0.05, 0.1) is 12.1 Å². The summed E-state index contributed by atoms with van der Waals surface area (Å²) in [6, 6.07) is 9.73. The molecule has 4 atom stereocenters. The topological polar surface area (TPSA) is 48.9 Å². The standard InChI is InChI=1S/C23H34N4O/c1-16(17-7-5-8-18(15-17)27-12-3-4-13-27)25-22(24-2)26-20-19-9-14-28-21(19)23(20)10-6-11-23/h5,7-8,15-16,19-21H,3-4,6,9-14H2,1-2H3,(H2,24,25,26). The Balaban J connectivity index is 1.25. The molecule has 0 amide bonds. The molecular weight excluding hydrogens is 348 g/mol. The highest BCUT2D eigenvalue weighted by Crippen LogP contribution is 2.62. The fourth-order valence-electron chi connectivity index (χ4n) is 6.03. The number of aliphatic imine (C=N–C) groups is 1. The highest BCUT2D eigenvalue weighted by Gasteiger charge is 2.66. The highest BCUT2D eigenvalue weighted by atomic mass is 16.5. The maximum Gasteiger partial charge on any atom is 0.191 e. The molecule has 0 bridgehead atoms. The van der Waals surface area contributed by atoms with Crippen molar-refractivity contribution in [3.63, 3.8) is 0 Å². The van der Waals surface area contributed by atoms with Gasteiger partial charge in [0.2, 0.25) is 0 Å². The molecule has 0 aromatic heterocycles. The first-order valence-corrected chi connectivity index (χ1v) is 11.2. The summed E-state index contributed by atoms with van der Waals surface area (Å²) in [5.74, 6) is 1.59. The molecule has 5 heteroatoms. The van der Waals surface area contributed by atoms with Crippen LogP contribution in [-0.4, -0.2) is 44.8 Å². The Labute approximate surface area is 168 Å². The van der Waals surface area contributed by atoms with Crippen LogP contribution in [0.3, 0.4) is 0 Å². The van der Waals surface area contributed by atoms with Crippen LogP contribution in [0.25, 0.3) is 0 Å². The number of benzene rings is 1. The Kier molecular flexibility index (Phi) is 4.74. The molecule has 2 aliphatic carbocycles. The predicted octanol–water partition coefficient (Wildman–Crippen LogP) is 3.47. The average molecular weight is 383 g/mol. The van der Waals surface area contributed by atoms with Crippen molar-refractivity contribution in [3.05, 3.63) is 29.8 Å². The second kappa shape index (κ2) is 7.25. The molecule has 2 heterocycles. The number of fused-ring (bicyclic) bond motifs is 2. The SMILES string of the molecule is CN=C(NC(C)c1cccc(N2CCCC2)c1)NC1C2CCOC2C12CCC2. The molecular formula is C23H34N4O. The van der Waals surface area contributed by atoms with Crippen molar-refractivity contribution in [2.45, 2.75) is 63.6 Å². The Morgan fingerprint density at radius 3 is 2.79 bits per heavy atom. The number of rotatable bonds is 4. The number of nitrogens with zero attached hydrogens (tertiary/aromatic N) is 2. The molecule has 4 fully saturated rings. The van der Waals surface area contributed by atoms with Gasteiger partial charge in [0.15, 0.2) is 5.96 Å². The molecule has 5 nitrogen and oxygen atoms in total. The van der Waals surface area contributed by atoms with E-state index < -0.39 is 0 Å². The number of nitrogens with one attached hydrogen (secondary N) is 2. The van der Waals surface area contributed by atoms with Crippen LogP contribution in [0.5, 0.6) is 0 Å². The van der Waals surface area contributed by atoms with Crippen LogP contribution in [0.15, 0.2) is 29.3 Å². The van der Waals surface area contributed by atoms with Crippen LogP contribution < -0.4 is 15.5 Å². The molecule has 1 spiro atoms. The summed E-state index contributed by atoms with van der Waals surface area (Å²) < 4.78 is 6.06. The minimum Gasteiger partial charge on any atom is -0.377 e. The van der Waals surface area contributed by atoms with Crippen molar-refractivity contribution in [3.8, 4) is 0 Å². The fourth-order valence-corrected chi connectivity index (χ4v) is 6.03. The third kappa shape index (κ3) is 2.90. The fraction of sp³-hybridized carbons (Fsp3) is 0.696.